The molecule has 0 saturated carbocycles. The van der Waals surface area contributed by atoms with Crippen molar-refractivity contribution in [2.45, 2.75) is 19.4 Å². The predicted molar refractivity (Wildman–Crippen MR) is 64.9 cm³/mol. The summed E-state index contributed by atoms with van der Waals surface area (Å²) in [6.07, 6.45) is 0. The second-order valence-electron chi connectivity index (χ2n) is 4.30. The molecule has 0 radical (unpaired) electrons. The standard InChI is InChI=1S/C10H16N4O3/c1-10(2,6-17-3)13-9-7(14(15)16)4-5-8(11)12-9/h4-5H,6H2,1-3H3,(H3,11,12,13). The van der Waals surface area contributed by atoms with Gasteiger partial charge >= 0.3 is 5.69 Å². The molecule has 0 aromatic carbocycles. The molecule has 0 bridgehead atoms. The van der Waals surface area contributed by atoms with E-state index in [-0.39, 0.29) is 17.3 Å². The minimum absolute atomic E-state index is 0.108. The summed E-state index contributed by atoms with van der Waals surface area (Å²) < 4.78 is 5.02. The number of nitrogens with two attached hydrogens (primary N) is 1. The maximum atomic E-state index is 10.8. The Morgan fingerprint density at radius 1 is 1.59 bits per heavy atom. The molecule has 0 amide bonds. The van der Waals surface area contributed by atoms with Crippen LogP contribution in [0.4, 0.5) is 17.3 Å². The highest BCUT2D eigenvalue weighted by Gasteiger charge is 2.23. The van der Waals surface area contributed by atoms with Crippen LogP contribution in [0.25, 0.3) is 0 Å². The normalized spacial score (nSPS) is 11.2. The van der Waals surface area contributed by atoms with Crippen molar-refractivity contribution in [2.24, 2.45) is 0 Å². The third-order valence-electron chi connectivity index (χ3n) is 2.05. The maximum Gasteiger partial charge on any atom is 0.311 e. The van der Waals surface area contributed by atoms with Gasteiger partial charge in [0, 0.05) is 13.2 Å². The van der Waals surface area contributed by atoms with Crippen LogP contribution in [0.15, 0.2) is 12.1 Å². The highest BCUT2D eigenvalue weighted by Crippen LogP contribution is 2.25. The predicted octanol–water partition coefficient (Wildman–Crippen LogP) is 1.41. The van der Waals surface area contributed by atoms with E-state index >= 15 is 0 Å². The third-order valence-corrected chi connectivity index (χ3v) is 2.05. The topological polar surface area (TPSA) is 103 Å². The number of nitrogens with zero attached hydrogens (tertiary/aromatic N) is 2. The van der Waals surface area contributed by atoms with E-state index in [0.717, 1.165) is 0 Å². The molecule has 1 aromatic heterocycles. The van der Waals surface area contributed by atoms with Crippen molar-refractivity contribution in [1.82, 2.24) is 4.98 Å². The molecule has 0 spiro atoms. The summed E-state index contributed by atoms with van der Waals surface area (Å²) in [5.74, 6) is 0.378. The SMILES string of the molecule is COCC(C)(C)Nc1nc(N)ccc1[N+](=O)[O-]. The Balaban J connectivity index is 3.04. The number of hydrogen-bond acceptors (Lipinski definition) is 6. The van der Waals surface area contributed by atoms with Crippen molar-refractivity contribution in [2.75, 3.05) is 24.8 Å². The van der Waals surface area contributed by atoms with Gasteiger partial charge in [-0.25, -0.2) is 4.98 Å². The molecular weight excluding hydrogens is 224 g/mol. The summed E-state index contributed by atoms with van der Waals surface area (Å²) in [4.78, 5) is 14.3. The van der Waals surface area contributed by atoms with E-state index in [4.69, 9.17) is 10.5 Å². The first kappa shape index (κ1) is 13.2. The van der Waals surface area contributed by atoms with Gasteiger partial charge in [-0.05, 0) is 19.9 Å². The number of methoxy groups -OCH3 is 1. The lowest BCUT2D eigenvalue weighted by molar-refractivity contribution is -0.384. The number of aromatic nitrogens is 1. The zero-order valence-corrected chi connectivity index (χ0v) is 10.1. The average Bonchev–Trinajstić information content (AvgIpc) is 2.15. The van der Waals surface area contributed by atoms with Crippen LogP contribution in [-0.4, -0.2) is 29.2 Å². The van der Waals surface area contributed by atoms with E-state index in [1.165, 1.54) is 12.1 Å². The fraction of sp³-hybridized carbons (Fsp3) is 0.500. The van der Waals surface area contributed by atoms with Gasteiger partial charge in [-0.15, -0.1) is 0 Å². The van der Waals surface area contributed by atoms with E-state index in [0.29, 0.717) is 6.61 Å². The third kappa shape index (κ3) is 3.56. The van der Waals surface area contributed by atoms with E-state index in [2.05, 4.69) is 10.3 Å². The van der Waals surface area contributed by atoms with Gasteiger partial charge < -0.3 is 15.8 Å². The van der Waals surface area contributed by atoms with Crippen molar-refractivity contribution in [3.05, 3.63) is 22.2 Å². The molecule has 0 aliphatic rings. The molecule has 7 nitrogen and oxygen atoms in total. The maximum absolute atomic E-state index is 10.8. The van der Waals surface area contributed by atoms with E-state index in [1.807, 2.05) is 13.8 Å². The molecule has 0 atom stereocenters. The lowest BCUT2D eigenvalue weighted by Crippen LogP contribution is -2.36. The van der Waals surface area contributed by atoms with Gasteiger partial charge in [-0.3, -0.25) is 10.1 Å². The number of nitrogens with one attached hydrogen (secondary N) is 1. The summed E-state index contributed by atoms with van der Waals surface area (Å²) >= 11 is 0. The Morgan fingerprint density at radius 3 is 2.76 bits per heavy atom. The smallest absolute Gasteiger partial charge is 0.311 e. The van der Waals surface area contributed by atoms with Crippen LogP contribution in [0.5, 0.6) is 0 Å². The Kier molecular flexibility index (Phi) is 3.84. The van der Waals surface area contributed by atoms with Gasteiger partial charge in [0.25, 0.3) is 0 Å². The van der Waals surface area contributed by atoms with Crippen LogP contribution in [-0.2, 0) is 4.74 Å². The molecule has 3 N–H and O–H groups in total. The second kappa shape index (κ2) is 4.96. The van der Waals surface area contributed by atoms with Crippen molar-refractivity contribution in [3.63, 3.8) is 0 Å². The Morgan fingerprint density at radius 2 is 2.24 bits per heavy atom. The first-order chi connectivity index (χ1) is 7.85. The largest absolute Gasteiger partial charge is 0.384 e. The Hall–Kier alpha value is -1.89. The van der Waals surface area contributed by atoms with Crippen molar-refractivity contribution >= 4 is 17.3 Å². The van der Waals surface area contributed by atoms with Crippen molar-refractivity contribution in [1.29, 1.82) is 0 Å². The molecule has 94 valence electrons. The molecule has 0 aliphatic carbocycles. The summed E-state index contributed by atoms with van der Waals surface area (Å²) in [7, 11) is 1.56. The fourth-order valence-corrected chi connectivity index (χ4v) is 1.42. The number of hydrogen-bond donors (Lipinski definition) is 2. The molecule has 1 aromatic rings. The molecule has 0 unspecified atom stereocenters. The van der Waals surface area contributed by atoms with Crippen LogP contribution in [0.1, 0.15) is 13.8 Å². The molecule has 7 heteroatoms. The van der Waals surface area contributed by atoms with Crippen LogP contribution in [0.2, 0.25) is 0 Å². The minimum Gasteiger partial charge on any atom is -0.384 e. The molecule has 17 heavy (non-hydrogen) atoms. The fourth-order valence-electron chi connectivity index (χ4n) is 1.42. The van der Waals surface area contributed by atoms with Gasteiger partial charge in [-0.2, -0.15) is 0 Å². The monoisotopic (exact) mass is 240 g/mol. The second-order valence-corrected chi connectivity index (χ2v) is 4.30. The van der Waals surface area contributed by atoms with Crippen molar-refractivity contribution < 1.29 is 9.66 Å². The number of ether oxygens (including phenoxy) is 1. The molecule has 1 heterocycles. The lowest BCUT2D eigenvalue weighted by atomic mass is 10.1. The number of pyridine rings is 1. The minimum atomic E-state index is -0.502. The number of nitro groups is 1. The van der Waals surface area contributed by atoms with Crippen LogP contribution in [0.3, 0.4) is 0 Å². The number of rotatable bonds is 5. The zero-order chi connectivity index (χ0) is 13.1. The number of anilines is 2. The Labute approximate surface area is 99.1 Å². The first-order valence-electron chi connectivity index (χ1n) is 5.04. The van der Waals surface area contributed by atoms with E-state index in [9.17, 15) is 10.1 Å². The molecular formula is C10H16N4O3. The summed E-state index contributed by atoms with van der Waals surface area (Å²) in [6, 6.07) is 2.72. The van der Waals surface area contributed by atoms with Crippen LogP contribution >= 0.6 is 0 Å². The van der Waals surface area contributed by atoms with Gasteiger partial charge in [-0.1, -0.05) is 0 Å². The van der Waals surface area contributed by atoms with Crippen molar-refractivity contribution in [3.8, 4) is 0 Å². The highest BCUT2D eigenvalue weighted by molar-refractivity contribution is 5.60. The molecule has 1 rings (SSSR count). The van der Waals surface area contributed by atoms with Crippen LogP contribution in [0, 0.1) is 10.1 Å². The van der Waals surface area contributed by atoms with Gasteiger partial charge in [0.1, 0.15) is 5.82 Å². The van der Waals surface area contributed by atoms with E-state index < -0.39 is 10.5 Å². The molecule has 0 saturated heterocycles. The average molecular weight is 240 g/mol. The number of nitrogen functional groups attached to an aromatic ring is 1. The summed E-state index contributed by atoms with van der Waals surface area (Å²) in [5, 5.41) is 13.8. The summed E-state index contributed by atoms with van der Waals surface area (Å²) in [5.41, 5.74) is 4.94. The highest BCUT2D eigenvalue weighted by atomic mass is 16.6. The lowest BCUT2D eigenvalue weighted by Gasteiger charge is -2.25. The van der Waals surface area contributed by atoms with Gasteiger partial charge in [0.05, 0.1) is 17.1 Å². The molecule has 0 aliphatic heterocycles. The quantitative estimate of drug-likeness (QED) is 0.595. The first-order valence-corrected chi connectivity index (χ1v) is 5.04. The molecule has 0 fully saturated rings. The van der Waals surface area contributed by atoms with Gasteiger partial charge in [0.15, 0.2) is 0 Å². The zero-order valence-electron chi connectivity index (χ0n) is 10.1. The van der Waals surface area contributed by atoms with E-state index in [1.54, 1.807) is 7.11 Å². The van der Waals surface area contributed by atoms with Gasteiger partial charge in [0.2, 0.25) is 5.82 Å². The summed E-state index contributed by atoms with van der Waals surface area (Å²) in [6.45, 7) is 4.09. The van der Waals surface area contributed by atoms with Crippen LogP contribution < -0.4 is 11.1 Å². The Bertz CT molecular complexity index is 420.